The van der Waals surface area contributed by atoms with E-state index in [9.17, 15) is 67.8 Å². The first kappa shape index (κ1) is 155. The number of aliphatic imine (C=N–C) groups is 2. The monoisotopic (exact) mass is 2140 g/mol. The van der Waals surface area contributed by atoms with Crippen molar-refractivity contribution in [2.24, 2.45) is 100 Å². The Balaban J connectivity index is -0.000000202. The van der Waals surface area contributed by atoms with Crippen LogP contribution in [0.3, 0.4) is 0 Å². The second-order valence-corrected chi connectivity index (χ2v) is 52.9. The van der Waals surface area contributed by atoms with Crippen LogP contribution in [-0.2, 0) is 59.8 Å². The average Bonchev–Trinajstić information content (AvgIpc) is 0.773. The van der Waals surface area contributed by atoms with Gasteiger partial charge in [-0.1, -0.05) is 220 Å². The molecule has 39 nitrogen and oxygen atoms in total. The Labute approximate surface area is 877 Å². The van der Waals surface area contributed by atoms with E-state index in [2.05, 4.69) is 254 Å². The Hall–Kier alpha value is -7.15. The summed E-state index contributed by atoms with van der Waals surface area (Å²) >= 11 is 0. The summed E-state index contributed by atoms with van der Waals surface area (Å²) in [7, 11) is 4.53. The number of hydrogen-bond acceptors (Lipinski definition) is 25. The van der Waals surface area contributed by atoms with Crippen molar-refractivity contribution >= 4 is 98.8 Å². The zero-order chi connectivity index (χ0) is 115. The van der Waals surface area contributed by atoms with Crippen molar-refractivity contribution in [3.05, 3.63) is 30.6 Å². The van der Waals surface area contributed by atoms with Crippen LogP contribution in [0.1, 0.15) is 393 Å². The number of ketones is 3. The van der Waals surface area contributed by atoms with E-state index in [1.165, 1.54) is 6.42 Å². The predicted molar refractivity (Wildman–Crippen MR) is 606 cm³/mol. The Morgan fingerprint density at radius 3 is 1.19 bits per heavy atom. The summed E-state index contributed by atoms with van der Waals surface area (Å²) in [5, 5.41) is 59.2. The van der Waals surface area contributed by atoms with Crippen LogP contribution in [0.5, 0.6) is 0 Å². The number of nitro groups is 1. The number of aliphatic hydroxyl groups excluding tert-OH is 1. The second kappa shape index (κ2) is 80.8. The van der Waals surface area contributed by atoms with E-state index in [4.69, 9.17) is 36.3 Å². The molecule has 0 heterocycles. The number of nitrogens with two attached hydrogens (primary N) is 4. The van der Waals surface area contributed by atoms with Crippen molar-refractivity contribution in [2.45, 2.75) is 400 Å². The third-order valence-electron chi connectivity index (χ3n) is 19.8. The number of aliphatic hydroxyl groups is 1. The van der Waals surface area contributed by atoms with Crippen molar-refractivity contribution < 1.29 is 62.9 Å². The number of nitrogens with one attached hydrogen (secondary N) is 7. The molecule has 43 heteroatoms. The van der Waals surface area contributed by atoms with E-state index in [1.54, 1.807) is 78.2 Å². The van der Waals surface area contributed by atoms with Gasteiger partial charge in [-0.15, -0.1) is 8.80 Å². The quantitative estimate of drug-likeness (QED) is 0.00332. The number of ether oxygens (including phenoxy) is 1. The summed E-state index contributed by atoms with van der Waals surface area (Å²) in [6, 6.07) is 0. The fourth-order valence-corrected chi connectivity index (χ4v) is 14.1. The maximum Gasteiger partial charge on any atom is 0.318 e. The fourth-order valence-electron chi connectivity index (χ4n) is 12.1. The van der Waals surface area contributed by atoms with Gasteiger partial charge < -0.3 is 46.2 Å². The number of carbonyl (C=O) groups is 3. The minimum Gasteiger partial charge on any atom is -0.389 e. The molecule has 0 bridgehead atoms. The Bertz CT molecular complexity index is 4300. The van der Waals surface area contributed by atoms with Gasteiger partial charge in [0.2, 0.25) is 16.0 Å². The Morgan fingerprint density at radius 2 is 0.868 bits per heavy atom. The number of Topliss-reactive ketones (excluding diaryl/α,β-unsaturated/α-hetero) is 3. The minimum atomic E-state index is -3.83. The van der Waals surface area contributed by atoms with Gasteiger partial charge >= 0.3 is 20.4 Å². The van der Waals surface area contributed by atoms with Crippen LogP contribution in [0.2, 0.25) is 0 Å². The molecule has 0 saturated carbocycles. The third kappa shape index (κ3) is 127. The lowest BCUT2D eigenvalue weighted by Crippen LogP contribution is -2.50. The SMILES string of the molecule is CC(C)(C)CCCC(=O)CO.CC(C)(C)CCCCC(N)=NS(N)(=O)=O.CC(C)CCCNC(NC#N)N(C)C.CCC(=O)CCCC(C)(C)C.CN(C)/C(=N\[N+](=O)[O-])NCCCC(C)(C)C.CN(C)C(CCCCC(C)(C)C)=NS(N)(=O)=O.CN(C)c1c(NCCCC(C)(C)C)c(=O)c1=O.CN=C(CCCCC(C)(C)C)NS(N)(=O)=O.CN=C(NCCCC(C)C)NS(C)(=O)=O.COCC(=O)CCCC(C)(C)C. The van der Waals surface area contributed by atoms with Crippen LogP contribution in [0.4, 0.5) is 11.4 Å². The predicted octanol–water partition coefficient (Wildman–Crippen LogP) is 16.3. The number of nitrogens with zero attached hydrogens (tertiary/aromatic N) is 11. The molecule has 0 amide bonds. The zero-order valence-electron chi connectivity index (χ0n) is 98.0. The molecule has 854 valence electrons. The first-order chi connectivity index (χ1) is 65.0. The third-order valence-corrected chi connectivity index (χ3v) is 21.9. The van der Waals surface area contributed by atoms with Gasteiger partial charge in [0.15, 0.2) is 22.8 Å². The maximum absolute atomic E-state index is 11.4. The molecule has 0 aliphatic heterocycles. The van der Waals surface area contributed by atoms with Gasteiger partial charge in [0.1, 0.15) is 59.3 Å². The number of hydrazone groups is 1. The smallest absolute Gasteiger partial charge is 0.318 e. The number of anilines is 2. The molecule has 1 aromatic carbocycles. The highest BCUT2D eigenvalue weighted by Gasteiger charge is 2.24. The van der Waals surface area contributed by atoms with E-state index < -0.39 is 45.7 Å². The number of unbranched alkanes of at least 4 members (excludes halogenated alkanes) is 3. The van der Waals surface area contributed by atoms with Crippen LogP contribution in [-0.4, -0.2) is 235 Å². The molecule has 0 spiro atoms. The van der Waals surface area contributed by atoms with Gasteiger partial charge in [-0.3, -0.25) is 58.9 Å². The van der Waals surface area contributed by atoms with Crippen molar-refractivity contribution in [3.8, 4) is 6.19 Å². The van der Waals surface area contributed by atoms with Crippen molar-refractivity contribution in [2.75, 3.05) is 133 Å². The zero-order valence-corrected chi connectivity index (χ0v) is 101. The number of hydrogen-bond donors (Lipinski definition) is 12. The molecule has 1 aromatic rings. The first-order valence-corrected chi connectivity index (χ1v) is 57.1. The van der Waals surface area contributed by atoms with Crippen LogP contribution in [0.15, 0.2) is 33.5 Å². The van der Waals surface area contributed by atoms with E-state index in [1.807, 2.05) is 32.1 Å². The number of guanidine groups is 2. The van der Waals surface area contributed by atoms with E-state index >= 15 is 0 Å². The highest BCUT2D eigenvalue weighted by Crippen LogP contribution is 2.28. The van der Waals surface area contributed by atoms with Crippen LogP contribution < -0.4 is 72.9 Å². The summed E-state index contributed by atoms with van der Waals surface area (Å²) in [4.78, 5) is 80.1. The minimum absolute atomic E-state index is 0.0470. The molecule has 0 aromatic heterocycles. The number of amidine groups is 3. The topological polar surface area (TPSA) is 581 Å². The van der Waals surface area contributed by atoms with E-state index in [-0.39, 0.29) is 47.8 Å². The lowest BCUT2D eigenvalue weighted by Gasteiger charge is -2.23. The number of rotatable bonds is 49. The number of carbonyl (C=O) groups excluding carboxylic acids is 3. The normalized spacial score (nSPS) is 12.8. The molecule has 144 heavy (non-hydrogen) atoms. The first-order valence-electron chi connectivity index (χ1n) is 50.7. The van der Waals surface area contributed by atoms with Gasteiger partial charge in [0, 0.05) is 128 Å². The summed E-state index contributed by atoms with van der Waals surface area (Å²) < 4.78 is 102. The Morgan fingerprint density at radius 1 is 0.493 bits per heavy atom. The van der Waals surface area contributed by atoms with E-state index in [0.717, 1.165) is 179 Å². The number of sulfonamides is 1. The molecule has 16 N–H and O–H groups in total. The standard InChI is InChI=1S/C13H22N2O2.C11H25N3O2S.C10H22N4O2.C10H22N4.C10H23N3O2S.C10H20O2.C10H20O.2C9H21N3O2S.C9H18O2/c1-13(2,3)7-6-8-14-9-10(15(4)5)12(17)11(9)16;1-11(2,3)9-7-6-8-10(14(4)5)13-17(12,15)16;1-10(2,3)7-6-8-11-9(13(4)5)12-14(15)16;1-9(2)6-5-7-12-10(13-8-11)14(3)4;1-10(2,3)8-6-5-7-9(12-4)13-16(11,14)15;1-10(2,3)7-5-6-9(11)8-12-4;1-5-9(11)7-6-8-10(2,3)4;1-8(2)6-5-7-11-9(10-3)12-15(4,13)14;1-9(2,3)7-5-4-6-8(10)12-15(11,13)14;1-9(2,3)6-4-5-8(11)7-10/h14H,6-8H2,1-5H3;6-9H2,1-5H3,(H2,12,15,16);6-8H2,1-5H3,(H,11,12);9-10,12-13H,5-7H2,1-4H3;5-8H2,1-4H3,(H,12,13)(H2,11,14,15);5-8H2,1-4H3;5-8H2,1-4H3;8H,5-7H2,1-4H3,(H2,10,11,12);4-7H2,1-3H3,(H2,10,12)(H2,11,13,14);10H,4-7H2,1-3H3. The van der Waals surface area contributed by atoms with Gasteiger partial charge in [0.05, 0.1) is 6.26 Å². The van der Waals surface area contributed by atoms with E-state index in [0.29, 0.717) is 135 Å². The largest absolute Gasteiger partial charge is 0.389 e. The molecular weight excluding hydrogens is 1920 g/mol. The molecule has 0 aliphatic rings. The molecule has 1 rings (SSSR count). The highest BCUT2D eigenvalue weighted by molar-refractivity contribution is 7.89. The summed E-state index contributed by atoms with van der Waals surface area (Å²) in [5.41, 5.74) is 8.17. The Kier molecular flexibility index (Phi) is 86.7. The van der Waals surface area contributed by atoms with Gasteiger partial charge in [-0.05, 0) is 204 Å². The summed E-state index contributed by atoms with van der Waals surface area (Å²) in [6.07, 6.45) is 31.3. The molecular formula is C101H214N22O17S4. The number of methoxy groups -OCH3 is 1. The summed E-state index contributed by atoms with van der Waals surface area (Å²) in [6.45, 7) is 66.1. The molecule has 1 unspecified atom stereocenters. The molecule has 1 atom stereocenters. The second-order valence-electron chi connectivity index (χ2n) is 47.5. The highest BCUT2D eigenvalue weighted by atomic mass is 32.2. The fraction of sp³-hybridized carbons (Fsp3) is 0.871. The molecule has 0 fully saturated rings. The maximum atomic E-state index is 11.4. The molecule has 0 radical (unpaired) electrons. The van der Waals surface area contributed by atoms with Crippen molar-refractivity contribution in [3.63, 3.8) is 0 Å². The van der Waals surface area contributed by atoms with Gasteiger partial charge in [-0.25, -0.2) is 33.9 Å². The van der Waals surface area contributed by atoms with Crippen LogP contribution >= 0.6 is 0 Å². The summed E-state index contributed by atoms with van der Waals surface area (Å²) in [5.74, 6) is 3.60. The van der Waals surface area contributed by atoms with Crippen molar-refractivity contribution in [1.29, 1.82) is 5.26 Å². The van der Waals surface area contributed by atoms with Crippen LogP contribution in [0, 0.1) is 76.7 Å². The van der Waals surface area contributed by atoms with Crippen molar-refractivity contribution in [1.82, 2.24) is 45.4 Å². The van der Waals surface area contributed by atoms with Gasteiger partial charge in [-0.2, -0.15) is 30.5 Å². The molecule has 0 aliphatic carbocycles. The van der Waals surface area contributed by atoms with Crippen LogP contribution in [0.25, 0.3) is 0 Å². The number of nitriles is 1. The molecule has 0 saturated heterocycles. The van der Waals surface area contributed by atoms with Gasteiger partial charge in [0.25, 0.3) is 27.0 Å². The average molecular weight is 2140 g/mol. The lowest BCUT2D eigenvalue weighted by atomic mass is 9.89. The lowest BCUT2D eigenvalue weighted by molar-refractivity contribution is -0.485.